The first-order valence-corrected chi connectivity index (χ1v) is 14.1. The first-order valence-electron chi connectivity index (χ1n) is 11.2. The average molecular weight is 532 g/mol. The fourth-order valence-corrected chi connectivity index (χ4v) is 7.38. The van der Waals surface area contributed by atoms with Crippen LogP contribution in [-0.4, -0.2) is 72.5 Å². The zero-order chi connectivity index (χ0) is 25.6. The van der Waals surface area contributed by atoms with Crippen LogP contribution < -0.4 is 4.31 Å². The van der Waals surface area contributed by atoms with Gasteiger partial charge in [-0.15, -0.1) is 0 Å². The van der Waals surface area contributed by atoms with Crippen molar-refractivity contribution in [1.29, 1.82) is 0 Å². The number of likely N-dealkylation sites (tertiary alicyclic amines) is 1. The van der Waals surface area contributed by atoms with E-state index in [1.807, 2.05) is 12.1 Å². The van der Waals surface area contributed by atoms with Gasteiger partial charge in [-0.25, -0.2) is 21.1 Å². The minimum absolute atomic E-state index is 0.00920. The molecule has 0 aromatic heterocycles. The lowest BCUT2D eigenvalue weighted by atomic mass is 9.68. The van der Waals surface area contributed by atoms with Crippen molar-refractivity contribution < 1.29 is 30.0 Å². The minimum Gasteiger partial charge on any atom is -0.295 e. The van der Waals surface area contributed by atoms with Gasteiger partial charge in [0.15, 0.2) is 0 Å². The summed E-state index contributed by atoms with van der Waals surface area (Å²) in [7, 11) is -4.89. The molecule has 0 unspecified atom stereocenters. The molecule has 1 spiro atoms. The molecule has 1 fully saturated rings. The monoisotopic (exact) mass is 531 g/mol. The van der Waals surface area contributed by atoms with Gasteiger partial charge < -0.3 is 0 Å². The van der Waals surface area contributed by atoms with Gasteiger partial charge in [-0.2, -0.15) is 13.2 Å². The van der Waals surface area contributed by atoms with E-state index in [9.17, 15) is 30.0 Å². The number of fused-ring (bicyclic) bond motifs is 2. The molecule has 7 nitrogen and oxygen atoms in total. The standard InChI is InChI=1S/C23H28F3N3O4S2/c1-27(2)34(30,31)18-7-9-19(10-8-18)35(32,33)29-16-13-22(20-5-3-4-6-21(20)29)11-14-28(15-12-22)17-23(24,25)26/h3-10H,11-17H2,1-2H3. The molecule has 0 atom stereocenters. The normalized spacial score (nSPS) is 19.2. The highest BCUT2D eigenvalue weighted by atomic mass is 32.2. The van der Waals surface area contributed by atoms with Crippen molar-refractivity contribution in [3.05, 3.63) is 54.1 Å². The van der Waals surface area contributed by atoms with E-state index in [1.165, 1.54) is 47.6 Å². The molecule has 1 saturated heterocycles. The average Bonchev–Trinajstić information content (AvgIpc) is 2.80. The highest BCUT2D eigenvalue weighted by Crippen LogP contribution is 2.48. The summed E-state index contributed by atoms with van der Waals surface area (Å²) in [6.45, 7) is -0.161. The van der Waals surface area contributed by atoms with Crippen LogP contribution in [0.15, 0.2) is 58.3 Å². The van der Waals surface area contributed by atoms with E-state index < -0.39 is 32.8 Å². The molecule has 2 heterocycles. The zero-order valence-corrected chi connectivity index (χ0v) is 21.1. The Morgan fingerprint density at radius 3 is 1.97 bits per heavy atom. The smallest absolute Gasteiger partial charge is 0.295 e. The van der Waals surface area contributed by atoms with Crippen LogP contribution in [0.4, 0.5) is 18.9 Å². The van der Waals surface area contributed by atoms with Crippen molar-refractivity contribution in [3.63, 3.8) is 0 Å². The van der Waals surface area contributed by atoms with E-state index in [0.29, 0.717) is 38.0 Å². The molecular formula is C23H28F3N3O4S2. The third kappa shape index (κ3) is 4.93. The van der Waals surface area contributed by atoms with Crippen molar-refractivity contribution >= 4 is 25.7 Å². The fraction of sp³-hybridized carbons (Fsp3) is 0.478. The van der Waals surface area contributed by atoms with Crippen LogP contribution in [0.3, 0.4) is 0 Å². The molecule has 2 aromatic carbocycles. The maximum atomic E-state index is 13.6. The number of halogens is 3. The van der Waals surface area contributed by atoms with E-state index in [1.54, 1.807) is 12.1 Å². The third-order valence-electron chi connectivity index (χ3n) is 6.94. The maximum absolute atomic E-state index is 13.6. The molecule has 0 bridgehead atoms. The Labute approximate surface area is 204 Å². The summed E-state index contributed by atoms with van der Waals surface area (Å²) in [4.78, 5) is 1.37. The summed E-state index contributed by atoms with van der Waals surface area (Å²) < 4.78 is 92.7. The van der Waals surface area contributed by atoms with Gasteiger partial charge in [-0.3, -0.25) is 9.21 Å². The van der Waals surface area contributed by atoms with Gasteiger partial charge in [0.25, 0.3) is 10.0 Å². The van der Waals surface area contributed by atoms with E-state index in [-0.39, 0.29) is 21.8 Å². The van der Waals surface area contributed by atoms with Gasteiger partial charge in [0, 0.05) is 26.1 Å². The second-order valence-electron chi connectivity index (χ2n) is 9.27. The molecule has 2 aliphatic rings. The number of anilines is 1. The number of hydrogen-bond acceptors (Lipinski definition) is 5. The van der Waals surface area contributed by atoms with Crippen molar-refractivity contribution in [3.8, 4) is 0 Å². The molecule has 12 heteroatoms. The van der Waals surface area contributed by atoms with Crippen LogP contribution in [0.25, 0.3) is 0 Å². The molecule has 35 heavy (non-hydrogen) atoms. The van der Waals surface area contributed by atoms with Crippen molar-refractivity contribution in [1.82, 2.24) is 9.21 Å². The SMILES string of the molecule is CN(C)S(=O)(=O)c1ccc(S(=O)(=O)N2CCC3(CCN(CC(F)(F)F)CC3)c3ccccc32)cc1. The summed E-state index contributed by atoms with van der Waals surface area (Å²) in [6.07, 6.45) is -2.71. The maximum Gasteiger partial charge on any atom is 0.401 e. The number of rotatable bonds is 5. The second kappa shape index (κ2) is 9.06. The van der Waals surface area contributed by atoms with Gasteiger partial charge in [0.05, 0.1) is 22.0 Å². The molecule has 0 amide bonds. The molecule has 0 N–H and O–H groups in total. The summed E-state index contributed by atoms with van der Waals surface area (Å²) in [6, 6.07) is 12.3. The highest BCUT2D eigenvalue weighted by Gasteiger charge is 2.45. The van der Waals surface area contributed by atoms with Crippen molar-refractivity contribution in [2.24, 2.45) is 0 Å². The van der Waals surface area contributed by atoms with Crippen LogP contribution in [-0.2, 0) is 25.5 Å². The molecule has 0 saturated carbocycles. The first-order chi connectivity index (χ1) is 16.3. The van der Waals surface area contributed by atoms with Crippen LogP contribution in [0, 0.1) is 0 Å². The van der Waals surface area contributed by atoms with Gasteiger partial charge in [-0.05, 0) is 68.2 Å². The van der Waals surface area contributed by atoms with E-state index in [0.717, 1.165) is 9.87 Å². The van der Waals surface area contributed by atoms with Gasteiger partial charge >= 0.3 is 6.18 Å². The molecule has 4 rings (SSSR count). The molecule has 2 aliphatic heterocycles. The topological polar surface area (TPSA) is 78.0 Å². The number of nitrogens with zero attached hydrogens (tertiary/aromatic N) is 3. The lowest BCUT2D eigenvalue weighted by molar-refractivity contribution is -0.149. The summed E-state index contributed by atoms with van der Waals surface area (Å²) >= 11 is 0. The summed E-state index contributed by atoms with van der Waals surface area (Å²) in [5.74, 6) is 0. The predicted molar refractivity (Wildman–Crippen MR) is 126 cm³/mol. The first kappa shape index (κ1) is 25.9. The van der Waals surface area contributed by atoms with Crippen LogP contribution in [0.2, 0.25) is 0 Å². The van der Waals surface area contributed by atoms with Crippen molar-refractivity contribution in [2.45, 2.75) is 40.6 Å². The summed E-state index contributed by atoms with van der Waals surface area (Å²) in [5.41, 5.74) is 0.968. The Balaban J connectivity index is 1.62. The van der Waals surface area contributed by atoms with Crippen LogP contribution in [0.1, 0.15) is 24.8 Å². The molecule has 0 aliphatic carbocycles. The summed E-state index contributed by atoms with van der Waals surface area (Å²) in [5, 5.41) is 0. The number of alkyl halides is 3. The number of benzene rings is 2. The Kier molecular flexibility index (Phi) is 6.71. The molecule has 0 radical (unpaired) electrons. The Morgan fingerprint density at radius 2 is 1.40 bits per heavy atom. The second-order valence-corrected chi connectivity index (χ2v) is 13.3. The Morgan fingerprint density at radius 1 is 0.857 bits per heavy atom. The van der Waals surface area contributed by atoms with Gasteiger partial charge in [0.2, 0.25) is 10.0 Å². The molecule has 2 aromatic rings. The van der Waals surface area contributed by atoms with E-state index in [4.69, 9.17) is 0 Å². The third-order valence-corrected chi connectivity index (χ3v) is 10.6. The largest absolute Gasteiger partial charge is 0.401 e. The predicted octanol–water partition coefficient (Wildman–Crippen LogP) is 3.43. The van der Waals surface area contributed by atoms with Crippen LogP contribution in [0.5, 0.6) is 0 Å². The molecular weight excluding hydrogens is 503 g/mol. The number of sulfonamides is 2. The van der Waals surface area contributed by atoms with E-state index >= 15 is 0 Å². The Bertz CT molecular complexity index is 1290. The van der Waals surface area contributed by atoms with Gasteiger partial charge in [-0.1, -0.05) is 18.2 Å². The lowest BCUT2D eigenvalue weighted by Gasteiger charge is -2.48. The lowest BCUT2D eigenvalue weighted by Crippen LogP contribution is -2.50. The minimum atomic E-state index is -4.25. The van der Waals surface area contributed by atoms with Crippen molar-refractivity contribution in [2.75, 3.05) is 44.6 Å². The fourth-order valence-electron chi connectivity index (χ4n) is 4.99. The molecule has 192 valence electrons. The van der Waals surface area contributed by atoms with E-state index in [2.05, 4.69) is 0 Å². The van der Waals surface area contributed by atoms with Gasteiger partial charge in [0.1, 0.15) is 0 Å². The highest BCUT2D eigenvalue weighted by molar-refractivity contribution is 7.93. The number of hydrogen-bond donors (Lipinski definition) is 0. The Hall–Kier alpha value is -2.15. The number of piperidine rings is 1. The zero-order valence-electron chi connectivity index (χ0n) is 19.5. The van der Waals surface area contributed by atoms with Crippen LogP contribution >= 0.6 is 0 Å². The number of para-hydroxylation sites is 1. The quantitative estimate of drug-likeness (QED) is 0.591.